The van der Waals surface area contributed by atoms with E-state index in [1.54, 1.807) is 6.92 Å². The number of carbonyl (C=O) groups excluding carboxylic acids is 3. The molecule has 4 bridgehead atoms. The third-order valence-electron chi connectivity index (χ3n) is 9.03. The number of nitrogens with one attached hydrogen (secondary N) is 2. The van der Waals surface area contributed by atoms with E-state index in [1.165, 1.54) is 44.1 Å². The number of rotatable bonds is 7. The topological polar surface area (TPSA) is 78.5 Å². The lowest BCUT2D eigenvalue weighted by Gasteiger charge is -2.59. The van der Waals surface area contributed by atoms with E-state index in [1.807, 2.05) is 24.3 Å². The highest BCUT2D eigenvalue weighted by Gasteiger charge is 2.54. The van der Waals surface area contributed by atoms with E-state index in [9.17, 15) is 14.4 Å². The predicted octanol–water partition coefficient (Wildman–Crippen LogP) is 4.13. The SMILES string of the molecule is CCCc1ccc([C@]2(C)NC(=O)N(CC(=O)N[C@@H](C)C34CC5CC(CC(C5)C3)C4)C2=O)cc1. The van der Waals surface area contributed by atoms with Crippen molar-refractivity contribution in [3.05, 3.63) is 35.4 Å². The summed E-state index contributed by atoms with van der Waals surface area (Å²) in [4.78, 5) is 40.0. The maximum absolute atomic E-state index is 13.3. The van der Waals surface area contributed by atoms with Gasteiger partial charge in [0.1, 0.15) is 12.1 Å². The number of amides is 4. The highest BCUT2D eigenvalue weighted by atomic mass is 16.2. The Labute approximate surface area is 196 Å². The Bertz CT molecular complexity index is 921. The average molecular weight is 452 g/mol. The van der Waals surface area contributed by atoms with Crippen molar-refractivity contribution in [3.8, 4) is 0 Å². The summed E-state index contributed by atoms with van der Waals surface area (Å²) in [5.74, 6) is 1.82. The van der Waals surface area contributed by atoms with Gasteiger partial charge in [-0.05, 0) is 93.1 Å². The van der Waals surface area contributed by atoms with E-state index < -0.39 is 11.6 Å². The normalized spacial score (nSPS) is 35.6. The highest BCUT2D eigenvalue weighted by Crippen LogP contribution is 2.61. The van der Waals surface area contributed by atoms with E-state index in [4.69, 9.17) is 0 Å². The summed E-state index contributed by atoms with van der Waals surface area (Å²) >= 11 is 0. The minimum atomic E-state index is -1.15. The van der Waals surface area contributed by atoms with Gasteiger partial charge < -0.3 is 10.6 Å². The summed E-state index contributed by atoms with van der Waals surface area (Å²) in [6.07, 6.45) is 9.73. The first-order valence-corrected chi connectivity index (χ1v) is 12.8. The van der Waals surface area contributed by atoms with Gasteiger partial charge in [-0.15, -0.1) is 0 Å². The molecular formula is C27H37N3O3. The molecule has 178 valence electrons. The number of hydrogen-bond donors (Lipinski definition) is 2. The van der Waals surface area contributed by atoms with Crippen LogP contribution < -0.4 is 10.6 Å². The second-order valence-electron chi connectivity index (χ2n) is 11.5. The fraction of sp³-hybridized carbons (Fsp3) is 0.667. The fourth-order valence-electron chi connectivity index (χ4n) is 7.62. The van der Waals surface area contributed by atoms with E-state index in [0.29, 0.717) is 0 Å². The largest absolute Gasteiger partial charge is 0.352 e. The van der Waals surface area contributed by atoms with E-state index >= 15 is 0 Å². The van der Waals surface area contributed by atoms with Crippen molar-refractivity contribution in [1.29, 1.82) is 0 Å². The van der Waals surface area contributed by atoms with Crippen LogP contribution in [0.2, 0.25) is 0 Å². The van der Waals surface area contributed by atoms with Crippen molar-refractivity contribution in [2.45, 2.75) is 83.7 Å². The molecule has 0 spiro atoms. The lowest BCUT2D eigenvalue weighted by Crippen LogP contribution is -2.57. The molecule has 1 saturated heterocycles. The van der Waals surface area contributed by atoms with Gasteiger partial charge >= 0.3 is 6.03 Å². The molecule has 4 saturated carbocycles. The van der Waals surface area contributed by atoms with Crippen LogP contribution in [0.25, 0.3) is 0 Å². The molecule has 33 heavy (non-hydrogen) atoms. The van der Waals surface area contributed by atoms with Crippen LogP contribution in [0.1, 0.15) is 76.8 Å². The van der Waals surface area contributed by atoms with Gasteiger partial charge in [-0.1, -0.05) is 37.6 Å². The zero-order valence-electron chi connectivity index (χ0n) is 20.2. The second kappa shape index (κ2) is 8.14. The van der Waals surface area contributed by atoms with Crippen molar-refractivity contribution in [2.75, 3.05) is 6.54 Å². The van der Waals surface area contributed by atoms with Crippen molar-refractivity contribution in [2.24, 2.45) is 23.2 Å². The standard InChI is InChI=1S/C27H37N3O3/c1-4-5-18-6-8-22(9-7-18)26(3)24(32)30(25(33)29-26)16-23(31)28-17(2)27-13-19-10-20(14-27)12-21(11-19)15-27/h6-9,17,19-21H,4-5,10-16H2,1-3H3,(H,28,31)(H,29,33)/t17-,19?,20?,21?,26-,27?/m0/s1. The Morgan fingerprint density at radius 2 is 1.67 bits per heavy atom. The average Bonchev–Trinajstić information content (AvgIpc) is 2.97. The zero-order chi connectivity index (χ0) is 23.4. The Balaban J connectivity index is 1.24. The van der Waals surface area contributed by atoms with Crippen molar-refractivity contribution in [3.63, 3.8) is 0 Å². The van der Waals surface area contributed by atoms with Crippen molar-refractivity contribution in [1.82, 2.24) is 15.5 Å². The molecule has 6 rings (SSSR count). The molecule has 5 aliphatic rings. The van der Waals surface area contributed by atoms with Crippen LogP contribution in [-0.4, -0.2) is 35.3 Å². The molecule has 6 nitrogen and oxygen atoms in total. The molecule has 1 aromatic rings. The molecule has 0 radical (unpaired) electrons. The second-order valence-corrected chi connectivity index (χ2v) is 11.5. The Hall–Kier alpha value is -2.37. The summed E-state index contributed by atoms with van der Waals surface area (Å²) in [7, 11) is 0. The van der Waals surface area contributed by atoms with E-state index in [-0.39, 0.29) is 29.8 Å². The first-order valence-electron chi connectivity index (χ1n) is 12.8. The lowest BCUT2D eigenvalue weighted by atomic mass is 9.48. The molecule has 0 aromatic heterocycles. The van der Waals surface area contributed by atoms with E-state index in [2.05, 4.69) is 24.5 Å². The molecule has 6 heteroatoms. The smallest absolute Gasteiger partial charge is 0.325 e. The van der Waals surface area contributed by atoms with Gasteiger partial charge in [-0.25, -0.2) is 4.79 Å². The molecule has 2 atom stereocenters. The molecule has 1 heterocycles. The molecule has 4 amide bonds. The number of aryl methyl sites for hydroxylation is 1. The minimum absolute atomic E-state index is 0.0664. The Morgan fingerprint density at radius 1 is 1.09 bits per heavy atom. The summed E-state index contributed by atoms with van der Waals surface area (Å²) in [6.45, 7) is 5.74. The minimum Gasteiger partial charge on any atom is -0.352 e. The number of benzene rings is 1. The zero-order valence-corrected chi connectivity index (χ0v) is 20.2. The van der Waals surface area contributed by atoms with Crippen LogP contribution >= 0.6 is 0 Å². The van der Waals surface area contributed by atoms with Crippen LogP contribution in [0.5, 0.6) is 0 Å². The summed E-state index contributed by atoms with van der Waals surface area (Å²) in [5.41, 5.74) is 0.992. The van der Waals surface area contributed by atoms with Crippen LogP contribution in [-0.2, 0) is 21.5 Å². The van der Waals surface area contributed by atoms with Crippen LogP contribution in [0.3, 0.4) is 0 Å². The first kappa shape index (κ1) is 22.4. The maximum Gasteiger partial charge on any atom is 0.325 e. The van der Waals surface area contributed by atoms with Crippen LogP contribution in [0.4, 0.5) is 4.79 Å². The van der Waals surface area contributed by atoms with Crippen LogP contribution in [0, 0.1) is 23.2 Å². The van der Waals surface area contributed by atoms with Gasteiger partial charge in [0.05, 0.1) is 0 Å². The van der Waals surface area contributed by atoms with Crippen molar-refractivity contribution >= 4 is 17.8 Å². The maximum atomic E-state index is 13.3. The highest BCUT2D eigenvalue weighted by molar-refractivity contribution is 6.09. The third-order valence-corrected chi connectivity index (χ3v) is 9.03. The lowest BCUT2D eigenvalue weighted by molar-refractivity contribution is -0.136. The summed E-state index contributed by atoms with van der Waals surface area (Å²) < 4.78 is 0. The van der Waals surface area contributed by atoms with Gasteiger partial charge in [0, 0.05) is 6.04 Å². The van der Waals surface area contributed by atoms with Gasteiger partial charge in [0.25, 0.3) is 5.91 Å². The first-order chi connectivity index (χ1) is 15.7. The third kappa shape index (κ3) is 3.85. The van der Waals surface area contributed by atoms with Gasteiger partial charge in [-0.3, -0.25) is 14.5 Å². The quantitative estimate of drug-likeness (QED) is 0.612. The monoisotopic (exact) mass is 451 g/mol. The number of urea groups is 1. The number of carbonyl (C=O) groups is 3. The number of nitrogens with zero attached hydrogens (tertiary/aromatic N) is 1. The van der Waals surface area contributed by atoms with Gasteiger partial charge in [-0.2, -0.15) is 0 Å². The predicted molar refractivity (Wildman–Crippen MR) is 126 cm³/mol. The molecule has 2 N–H and O–H groups in total. The summed E-state index contributed by atoms with van der Waals surface area (Å²) in [5, 5.41) is 6.00. The van der Waals surface area contributed by atoms with Crippen molar-refractivity contribution < 1.29 is 14.4 Å². The number of imide groups is 1. The molecule has 1 aromatic carbocycles. The van der Waals surface area contributed by atoms with Gasteiger partial charge in [0.2, 0.25) is 5.91 Å². The van der Waals surface area contributed by atoms with E-state index in [0.717, 1.165) is 41.1 Å². The molecule has 4 aliphatic carbocycles. The summed E-state index contributed by atoms with van der Waals surface area (Å²) in [6, 6.07) is 7.39. The fourth-order valence-corrected chi connectivity index (χ4v) is 7.62. The Kier molecular flexibility index (Phi) is 5.53. The van der Waals surface area contributed by atoms with Crippen LogP contribution in [0.15, 0.2) is 24.3 Å². The molecule has 0 unspecified atom stereocenters. The molecule has 1 aliphatic heterocycles. The number of hydrogen-bond acceptors (Lipinski definition) is 3. The van der Waals surface area contributed by atoms with Gasteiger partial charge in [0.15, 0.2) is 0 Å². The molecular weight excluding hydrogens is 414 g/mol. The molecule has 5 fully saturated rings. The Morgan fingerprint density at radius 3 is 2.21 bits per heavy atom.